The maximum absolute atomic E-state index is 12.2. The standard InChI is InChI=1S/C22H21N5O3/c28-13-18-8-17(16-6-7-16)9-26-10-19(23-21(18)26)11-27-12-20(24-25-27)22(29)30-14-15-4-2-1-3-5-15/h1-5,8-10,12,16,28H,6-7,11,13-14H2. The van der Waals surface area contributed by atoms with Crippen molar-refractivity contribution in [3.63, 3.8) is 0 Å². The van der Waals surface area contributed by atoms with E-state index >= 15 is 0 Å². The van der Waals surface area contributed by atoms with E-state index in [2.05, 4.69) is 21.5 Å². The number of aliphatic hydroxyl groups is 1. The van der Waals surface area contributed by atoms with Crippen molar-refractivity contribution in [1.29, 1.82) is 0 Å². The van der Waals surface area contributed by atoms with Crippen LogP contribution in [0.15, 0.2) is 55.0 Å². The first-order valence-corrected chi connectivity index (χ1v) is 9.92. The molecule has 1 fully saturated rings. The molecule has 3 heterocycles. The second kappa shape index (κ2) is 7.72. The predicted molar refractivity (Wildman–Crippen MR) is 108 cm³/mol. The Labute approximate surface area is 172 Å². The second-order valence-electron chi connectivity index (χ2n) is 7.56. The molecule has 1 aliphatic carbocycles. The Morgan fingerprint density at radius 3 is 2.77 bits per heavy atom. The van der Waals surface area contributed by atoms with E-state index in [0.717, 1.165) is 22.5 Å². The van der Waals surface area contributed by atoms with Crippen molar-refractivity contribution in [2.75, 3.05) is 0 Å². The Morgan fingerprint density at radius 2 is 2.00 bits per heavy atom. The average Bonchev–Trinajstić information content (AvgIpc) is 3.39. The van der Waals surface area contributed by atoms with E-state index in [1.807, 2.05) is 47.0 Å². The quantitative estimate of drug-likeness (QED) is 0.477. The number of hydrogen-bond donors (Lipinski definition) is 1. The summed E-state index contributed by atoms with van der Waals surface area (Å²) >= 11 is 0. The molecule has 30 heavy (non-hydrogen) atoms. The van der Waals surface area contributed by atoms with Crippen molar-refractivity contribution >= 4 is 11.6 Å². The van der Waals surface area contributed by atoms with Gasteiger partial charge in [-0.2, -0.15) is 0 Å². The summed E-state index contributed by atoms with van der Waals surface area (Å²) in [6, 6.07) is 11.5. The molecule has 0 radical (unpaired) electrons. The van der Waals surface area contributed by atoms with Gasteiger partial charge < -0.3 is 14.2 Å². The van der Waals surface area contributed by atoms with Crippen LogP contribution in [-0.4, -0.2) is 35.5 Å². The summed E-state index contributed by atoms with van der Waals surface area (Å²) in [6.45, 7) is 0.498. The molecule has 152 valence electrons. The Balaban J connectivity index is 1.30. The minimum atomic E-state index is -0.517. The number of aliphatic hydroxyl groups excluding tert-OH is 1. The van der Waals surface area contributed by atoms with E-state index in [1.165, 1.54) is 18.4 Å². The molecule has 0 saturated heterocycles. The van der Waals surface area contributed by atoms with Gasteiger partial charge in [-0.25, -0.2) is 14.5 Å². The lowest BCUT2D eigenvalue weighted by atomic mass is 10.1. The maximum atomic E-state index is 12.2. The molecule has 1 saturated carbocycles. The first kappa shape index (κ1) is 18.5. The van der Waals surface area contributed by atoms with Crippen LogP contribution in [0.4, 0.5) is 0 Å². The highest BCUT2D eigenvalue weighted by Gasteiger charge is 2.25. The molecular weight excluding hydrogens is 382 g/mol. The molecule has 0 unspecified atom stereocenters. The highest BCUT2D eigenvalue weighted by Crippen LogP contribution is 2.40. The highest BCUT2D eigenvalue weighted by atomic mass is 16.5. The molecule has 8 heteroatoms. The zero-order valence-electron chi connectivity index (χ0n) is 16.3. The van der Waals surface area contributed by atoms with Crippen LogP contribution >= 0.6 is 0 Å². The minimum absolute atomic E-state index is 0.0543. The number of ether oxygens (including phenoxy) is 1. The number of hydrogen-bond acceptors (Lipinski definition) is 6. The fourth-order valence-corrected chi connectivity index (χ4v) is 3.51. The van der Waals surface area contributed by atoms with Crippen LogP contribution in [0.2, 0.25) is 0 Å². The molecule has 1 N–H and O–H groups in total. The predicted octanol–water partition coefficient (Wildman–Crippen LogP) is 2.70. The van der Waals surface area contributed by atoms with E-state index < -0.39 is 5.97 Å². The van der Waals surface area contributed by atoms with Gasteiger partial charge in [-0.3, -0.25) is 0 Å². The number of esters is 1. The van der Waals surface area contributed by atoms with Crippen LogP contribution in [0.1, 0.15) is 51.6 Å². The summed E-state index contributed by atoms with van der Waals surface area (Å²) in [5, 5.41) is 17.7. The smallest absolute Gasteiger partial charge is 0.360 e. The first-order valence-electron chi connectivity index (χ1n) is 9.92. The molecule has 0 atom stereocenters. The molecule has 3 aromatic heterocycles. The van der Waals surface area contributed by atoms with Gasteiger partial charge in [-0.1, -0.05) is 35.5 Å². The topological polar surface area (TPSA) is 94.5 Å². The Hall–Kier alpha value is -3.52. The number of imidazole rings is 1. The van der Waals surface area contributed by atoms with Gasteiger partial charge >= 0.3 is 5.97 Å². The van der Waals surface area contributed by atoms with Gasteiger partial charge in [0.2, 0.25) is 0 Å². The average molecular weight is 403 g/mol. The molecule has 1 aliphatic rings. The molecule has 0 amide bonds. The van der Waals surface area contributed by atoms with Crippen LogP contribution in [0.5, 0.6) is 0 Å². The third-order valence-corrected chi connectivity index (χ3v) is 5.20. The summed E-state index contributed by atoms with van der Waals surface area (Å²) in [4.78, 5) is 16.9. The highest BCUT2D eigenvalue weighted by molar-refractivity contribution is 5.86. The molecule has 8 nitrogen and oxygen atoms in total. The van der Waals surface area contributed by atoms with E-state index in [1.54, 1.807) is 10.9 Å². The largest absolute Gasteiger partial charge is 0.456 e. The molecule has 4 aromatic rings. The summed E-state index contributed by atoms with van der Waals surface area (Å²) in [5.41, 5.74) is 4.62. The maximum Gasteiger partial charge on any atom is 0.360 e. The molecule has 0 spiro atoms. The van der Waals surface area contributed by atoms with Crippen LogP contribution in [0.25, 0.3) is 5.65 Å². The van der Waals surface area contributed by atoms with Crippen LogP contribution < -0.4 is 0 Å². The molecule has 0 bridgehead atoms. The SMILES string of the molecule is O=C(OCc1ccccc1)c1cn(Cc2cn3cc(C4CC4)cc(CO)c3n2)nn1. The monoisotopic (exact) mass is 403 g/mol. The van der Waals surface area contributed by atoms with Crippen molar-refractivity contribution in [2.24, 2.45) is 0 Å². The summed E-state index contributed by atoms with van der Waals surface area (Å²) < 4.78 is 8.81. The Morgan fingerprint density at radius 1 is 1.17 bits per heavy atom. The van der Waals surface area contributed by atoms with Gasteiger partial charge in [0.25, 0.3) is 0 Å². The van der Waals surface area contributed by atoms with Crippen LogP contribution in [-0.2, 0) is 24.5 Å². The van der Waals surface area contributed by atoms with Gasteiger partial charge in [-0.15, -0.1) is 5.10 Å². The Kier molecular flexibility index (Phi) is 4.76. The summed E-state index contributed by atoms with van der Waals surface area (Å²) in [7, 11) is 0. The van der Waals surface area contributed by atoms with Crippen molar-refractivity contribution in [3.8, 4) is 0 Å². The number of rotatable bonds is 7. The normalized spacial score (nSPS) is 13.6. The third kappa shape index (κ3) is 3.81. The van der Waals surface area contributed by atoms with Crippen LogP contribution in [0.3, 0.4) is 0 Å². The van der Waals surface area contributed by atoms with Crippen LogP contribution in [0, 0.1) is 0 Å². The molecule has 1 aromatic carbocycles. The van der Waals surface area contributed by atoms with E-state index in [-0.39, 0.29) is 18.9 Å². The molecule has 5 rings (SSSR count). The van der Waals surface area contributed by atoms with Crippen molar-refractivity contribution in [2.45, 2.75) is 38.5 Å². The Bertz CT molecular complexity index is 1190. The van der Waals surface area contributed by atoms with E-state index in [0.29, 0.717) is 12.5 Å². The fraction of sp³-hybridized carbons (Fsp3) is 0.273. The third-order valence-electron chi connectivity index (χ3n) is 5.20. The molecular formula is C22H21N5O3. The fourth-order valence-electron chi connectivity index (χ4n) is 3.51. The number of nitrogens with zero attached hydrogens (tertiary/aromatic N) is 5. The number of carbonyl (C=O) groups is 1. The molecule has 0 aliphatic heterocycles. The number of pyridine rings is 1. The van der Waals surface area contributed by atoms with Gasteiger partial charge in [0, 0.05) is 18.0 Å². The van der Waals surface area contributed by atoms with Gasteiger partial charge in [-0.05, 0) is 36.0 Å². The zero-order valence-corrected chi connectivity index (χ0v) is 16.3. The lowest BCUT2D eigenvalue weighted by molar-refractivity contribution is 0.0465. The zero-order chi connectivity index (χ0) is 20.5. The number of aromatic nitrogens is 5. The van der Waals surface area contributed by atoms with Gasteiger partial charge in [0.05, 0.1) is 25.0 Å². The summed E-state index contributed by atoms with van der Waals surface area (Å²) in [5.74, 6) is 0.0714. The second-order valence-corrected chi connectivity index (χ2v) is 7.56. The lowest BCUT2D eigenvalue weighted by Crippen LogP contribution is -2.05. The van der Waals surface area contributed by atoms with Gasteiger partial charge in [0.1, 0.15) is 12.3 Å². The lowest BCUT2D eigenvalue weighted by Gasteiger charge is -2.04. The van der Waals surface area contributed by atoms with Crippen molar-refractivity contribution in [3.05, 3.63) is 83.1 Å². The number of carbonyl (C=O) groups excluding carboxylic acids is 1. The van der Waals surface area contributed by atoms with Crippen molar-refractivity contribution < 1.29 is 14.6 Å². The minimum Gasteiger partial charge on any atom is -0.456 e. The van der Waals surface area contributed by atoms with E-state index in [9.17, 15) is 9.90 Å². The van der Waals surface area contributed by atoms with Crippen molar-refractivity contribution in [1.82, 2.24) is 24.4 Å². The summed E-state index contributed by atoms with van der Waals surface area (Å²) in [6.07, 6.45) is 7.95. The number of fused-ring (bicyclic) bond motifs is 1. The first-order chi connectivity index (χ1) is 14.7. The number of benzene rings is 1. The van der Waals surface area contributed by atoms with Gasteiger partial charge in [0.15, 0.2) is 5.69 Å². The van der Waals surface area contributed by atoms with E-state index in [4.69, 9.17) is 4.74 Å².